The van der Waals surface area contributed by atoms with Gasteiger partial charge in [0.1, 0.15) is 5.76 Å². The highest BCUT2D eigenvalue weighted by molar-refractivity contribution is 7.91. The number of hydrogen-bond acceptors (Lipinski definition) is 7. The number of benzene rings is 1. The van der Waals surface area contributed by atoms with Crippen molar-refractivity contribution in [3.05, 3.63) is 41.9 Å². The van der Waals surface area contributed by atoms with E-state index in [-0.39, 0.29) is 36.4 Å². The number of methoxy groups -OCH3 is 3. The monoisotopic (exact) mass is 423 g/mol. The van der Waals surface area contributed by atoms with Gasteiger partial charge in [-0.15, -0.1) is 0 Å². The molecule has 1 aromatic heterocycles. The SMILES string of the molecule is COc1ccc(CC(=O)N(Cc2ccco2)[C@@H]2CCS(=O)(=O)C2)c(OC)c1OC. The molecule has 0 unspecified atom stereocenters. The van der Waals surface area contributed by atoms with E-state index in [0.717, 1.165) is 0 Å². The van der Waals surface area contributed by atoms with Gasteiger partial charge in [-0.05, 0) is 24.6 Å². The quantitative estimate of drug-likeness (QED) is 0.641. The highest BCUT2D eigenvalue weighted by Gasteiger charge is 2.35. The second-order valence-corrected chi connectivity index (χ2v) is 9.06. The first-order valence-electron chi connectivity index (χ1n) is 9.18. The third kappa shape index (κ3) is 4.67. The molecule has 1 aliphatic heterocycles. The van der Waals surface area contributed by atoms with Crippen molar-refractivity contribution in [2.75, 3.05) is 32.8 Å². The van der Waals surface area contributed by atoms with Gasteiger partial charge in [-0.25, -0.2) is 8.42 Å². The Balaban J connectivity index is 1.88. The fourth-order valence-electron chi connectivity index (χ4n) is 3.58. The second-order valence-electron chi connectivity index (χ2n) is 6.83. The number of rotatable bonds is 8. The van der Waals surface area contributed by atoms with Crippen LogP contribution in [-0.4, -0.2) is 58.1 Å². The molecular formula is C20H25NO7S. The molecule has 1 atom stereocenters. The van der Waals surface area contributed by atoms with Gasteiger partial charge in [0.15, 0.2) is 21.3 Å². The average molecular weight is 423 g/mol. The Hall–Kier alpha value is -2.68. The molecule has 158 valence electrons. The third-order valence-corrected chi connectivity index (χ3v) is 6.75. The average Bonchev–Trinajstić information content (AvgIpc) is 3.34. The number of hydrogen-bond donors (Lipinski definition) is 0. The van der Waals surface area contributed by atoms with Crippen molar-refractivity contribution in [3.8, 4) is 17.2 Å². The van der Waals surface area contributed by atoms with Gasteiger partial charge in [0.2, 0.25) is 11.7 Å². The summed E-state index contributed by atoms with van der Waals surface area (Å²) in [5.74, 6) is 1.74. The van der Waals surface area contributed by atoms with Crippen LogP contribution in [0.5, 0.6) is 17.2 Å². The van der Waals surface area contributed by atoms with Crippen LogP contribution in [0.4, 0.5) is 0 Å². The Morgan fingerprint density at radius 1 is 1.14 bits per heavy atom. The van der Waals surface area contributed by atoms with Crippen molar-refractivity contribution in [1.29, 1.82) is 0 Å². The predicted octanol–water partition coefficient (Wildman–Crippen LogP) is 2.06. The highest BCUT2D eigenvalue weighted by Crippen LogP contribution is 2.40. The highest BCUT2D eigenvalue weighted by atomic mass is 32.2. The van der Waals surface area contributed by atoms with Crippen molar-refractivity contribution in [2.45, 2.75) is 25.4 Å². The first-order valence-corrected chi connectivity index (χ1v) is 11.0. The maximum Gasteiger partial charge on any atom is 0.227 e. The summed E-state index contributed by atoms with van der Waals surface area (Å²) in [6.45, 7) is 0.210. The summed E-state index contributed by atoms with van der Waals surface area (Å²) >= 11 is 0. The molecule has 1 aromatic carbocycles. The van der Waals surface area contributed by atoms with E-state index < -0.39 is 9.84 Å². The van der Waals surface area contributed by atoms with E-state index in [1.54, 1.807) is 29.2 Å². The smallest absolute Gasteiger partial charge is 0.227 e. The van der Waals surface area contributed by atoms with Crippen molar-refractivity contribution in [3.63, 3.8) is 0 Å². The summed E-state index contributed by atoms with van der Waals surface area (Å²) in [7, 11) is 1.37. The van der Waals surface area contributed by atoms with Crippen LogP contribution in [0, 0.1) is 0 Å². The van der Waals surface area contributed by atoms with E-state index in [4.69, 9.17) is 18.6 Å². The number of carbonyl (C=O) groups is 1. The minimum Gasteiger partial charge on any atom is -0.493 e. The summed E-state index contributed by atoms with van der Waals surface area (Å²) in [5.41, 5.74) is 0.625. The molecule has 1 aliphatic rings. The Morgan fingerprint density at radius 3 is 2.45 bits per heavy atom. The molecule has 0 aliphatic carbocycles. The van der Waals surface area contributed by atoms with Crippen LogP contribution in [0.15, 0.2) is 34.9 Å². The molecule has 3 rings (SSSR count). The van der Waals surface area contributed by atoms with Crippen LogP contribution >= 0.6 is 0 Å². The van der Waals surface area contributed by atoms with E-state index in [1.165, 1.54) is 27.6 Å². The molecule has 1 saturated heterocycles. The lowest BCUT2D eigenvalue weighted by Gasteiger charge is -2.28. The van der Waals surface area contributed by atoms with E-state index >= 15 is 0 Å². The van der Waals surface area contributed by atoms with Gasteiger partial charge >= 0.3 is 0 Å². The van der Waals surface area contributed by atoms with Crippen molar-refractivity contribution >= 4 is 15.7 Å². The van der Waals surface area contributed by atoms with E-state index in [1.807, 2.05) is 0 Å². The largest absolute Gasteiger partial charge is 0.493 e. The van der Waals surface area contributed by atoms with Gasteiger partial charge in [0.05, 0.1) is 52.1 Å². The second kappa shape index (κ2) is 8.77. The molecule has 0 N–H and O–H groups in total. The number of furan rings is 1. The third-order valence-electron chi connectivity index (χ3n) is 5.00. The molecule has 2 heterocycles. The van der Waals surface area contributed by atoms with Crippen molar-refractivity contribution in [1.82, 2.24) is 4.90 Å². The topological polar surface area (TPSA) is 95.3 Å². The first-order chi connectivity index (χ1) is 13.9. The zero-order chi connectivity index (χ0) is 21.0. The number of nitrogens with zero attached hydrogens (tertiary/aromatic N) is 1. The van der Waals surface area contributed by atoms with E-state index in [9.17, 15) is 13.2 Å². The number of sulfone groups is 1. The van der Waals surface area contributed by atoms with Crippen LogP contribution in [-0.2, 0) is 27.6 Å². The fourth-order valence-corrected chi connectivity index (χ4v) is 5.31. The van der Waals surface area contributed by atoms with Gasteiger partial charge in [0.25, 0.3) is 0 Å². The van der Waals surface area contributed by atoms with Crippen molar-refractivity contribution < 1.29 is 31.8 Å². The van der Waals surface area contributed by atoms with Crippen LogP contribution in [0.2, 0.25) is 0 Å². The Morgan fingerprint density at radius 2 is 1.90 bits per heavy atom. The lowest BCUT2D eigenvalue weighted by molar-refractivity contribution is -0.133. The van der Waals surface area contributed by atoms with Crippen LogP contribution in [0.1, 0.15) is 17.7 Å². The van der Waals surface area contributed by atoms with Gasteiger partial charge in [0, 0.05) is 11.6 Å². The van der Waals surface area contributed by atoms with Gasteiger partial charge in [-0.2, -0.15) is 0 Å². The molecule has 2 aromatic rings. The van der Waals surface area contributed by atoms with Gasteiger partial charge < -0.3 is 23.5 Å². The minimum atomic E-state index is -3.14. The molecule has 29 heavy (non-hydrogen) atoms. The van der Waals surface area contributed by atoms with E-state index in [2.05, 4.69) is 0 Å². The number of amides is 1. The van der Waals surface area contributed by atoms with Gasteiger partial charge in [-0.1, -0.05) is 6.07 Å². The van der Waals surface area contributed by atoms with Crippen molar-refractivity contribution in [2.24, 2.45) is 0 Å². The molecule has 9 heteroatoms. The fraction of sp³-hybridized carbons (Fsp3) is 0.450. The van der Waals surface area contributed by atoms with E-state index in [0.29, 0.717) is 35.0 Å². The maximum absolute atomic E-state index is 13.2. The minimum absolute atomic E-state index is 0.0286. The molecule has 8 nitrogen and oxygen atoms in total. The number of ether oxygens (including phenoxy) is 3. The zero-order valence-corrected chi connectivity index (χ0v) is 17.5. The molecule has 1 fully saturated rings. The van der Waals surface area contributed by atoms with Crippen LogP contribution in [0.3, 0.4) is 0 Å². The standard InChI is InChI=1S/C20H25NO7S/c1-25-17-7-6-14(19(26-2)20(17)27-3)11-18(22)21(12-16-5-4-9-28-16)15-8-10-29(23,24)13-15/h4-7,9,15H,8,10-13H2,1-3H3/t15-/m1/s1. The lowest BCUT2D eigenvalue weighted by atomic mass is 10.1. The summed E-state index contributed by atoms with van der Waals surface area (Å²) < 4.78 is 45.5. The van der Waals surface area contributed by atoms with Crippen LogP contribution < -0.4 is 14.2 Å². The molecule has 0 saturated carbocycles. The Labute approximate surface area is 170 Å². The molecule has 0 radical (unpaired) electrons. The first kappa shape index (κ1) is 21.0. The summed E-state index contributed by atoms with van der Waals surface area (Å²) in [5, 5.41) is 0. The molecule has 1 amide bonds. The summed E-state index contributed by atoms with van der Waals surface area (Å²) in [4.78, 5) is 14.8. The predicted molar refractivity (Wildman–Crippen MR) is 106 cm³/mol. The van der Waals surface area contributed by atoms with Gasteiger partial charge in [-0.3, -0.25) is 4.79 Å². The maximum atomic E-state index is 13.2. The lowest BCUT2D eigenvalue weighted by Crippen LogP contribution is -2.41. The molecule has 0 bridgehead atoms. The normalized spacial score (nSPS) is 17.7. The summed E-state index contributed by atoms with van der Waals surface area (Å²) in [6, 6.07) is 6.57. The molecule has 0 spiro atoms. The zero-order valence-electron chi connectivity index (χ0n) is 16.7. The Bertz CT molecular complexity index is 953. The molecular weight excluding hydrogens is 398 g/mol. The number of carbonyl (C=O) groups excluding carboxylic acids is 1. The van der Waals surface area contributed by atoms with Crippen LogP contribution in [0.25, 0.3) is 0 Å². The Kier molecular flexibility index (Phi) is 6.36. The summed E-state index contributed by atoms with van der Waals surface area (Å²) in [6.07, 6.45) is 1.97.